The van der Waals surface area contributed by atoms with E-state index in [0.717, 1.165) is 5.52 Å². The Morgan fingerprint density at radius 2 is 1.95 bits per heavy atom. The third-order valence-electron chi connectivity index (χ3n) is 3.25. The van der Waals surface area contributed by atoms with Crippen LogP contribution in [0, 0.1) is 5.82 Å². The molecule has 1 aromatic heterocycles. The number of nitrogens with zero attached hydrogens (tertiary/aromatic N) is 2. The molecule has 0 amide bonds. The van der Waals surface area contributed by atoms with Crippen LogP contribution in [0.1, 0.15) is 0 Å². The minimum atomic E-state index is -0.347. The summed E-state index contributed by atoms with van der Waals surface area (Å²) in [4.78, 5) is 4.45. The van der Waals surface area contributed by atoms with Gasteiger partial charge in [-0.25, -0.2) is 9.37 Å². The van der Waals surface area contributed by atoms with Gasteiger partial charge in [0.05, 0.1) is 23.4 Å². The first-order valence-electron chi connectivity index (χ1n) is 6.33. The molecule has 1 heterocycles. The molecule has 3 rings (SSSR count). The molecular weight excluding hydrogens is 257 g/mol. The monoisotopic (exact) mass is 271 g/mol. The van der Waals surface area contributed by atoms with Gasteiger partial charge in [0.2, 0.25) is 0 Å². The van der Waals surface area contributed by atoms with Gasteiger partial charge < -0.3 is 15.4 Å². The van der Waals surface area contributed by atoms with Gasteiger partial charge in [-0.1, -0.05) is 18.2 Å². The van der Waals surface area contributed by atoms with Crippen molar-refractivity contribution in [2.45, 2.75) is 6.54 Å². The van der Waals surface area contributed by atoms with E-state index in [2.05, 4.69) is 4.98 Å². The number of nitrogens with two attached hydrogens (primary N) is 1. The Bertz CT molecular complexity index is 767. The van der Waals surface area contributed by atoms with Gasteiger partial charge in [0, 0.05) is 6.54 Å². The Kier molecular flexibility index (Phi) is 3.12. The number of aromatic nitrogens is 2. The van der Waals surface area contributed by atoms with Crippen LogP contribution in [-0.4, -0.2) is 21.3 Å². The van der Waals surface area contributed by atoms with E-state index in [4.69, 9.17) is 5.73 Å². The number of para-hydroxylation sites is 1. The van der Waals surface area contributed by atoms with Crippen molar-refractivity contribution in [2.24, 2.45) is 0 Å². The van der Waals surface area contributed by atoms with Gasteiger partial charge in [-0.15, -0.1) is 0 Å². The van der Waals surface area contributed by atoms with Crippen LogP contribution in [0.3, 0.4) is 0 Å². The maximum absolute atomic E-state index is 14.0. The summed E-state index contributed by atoms with van der Waals surface area (Å²) in [6, 6.07) is 11.9. The van der Waals surface area contributed by atoms with Crippen molar-refractivity contribution in [1.29, 1.82) is 0 Å². The minimum Gasteiger partial charge on any atom is -0.397 e. The zero-order chi connectivity index (χ0) is 14.1. The molecule has 2 aromatic carbocycles. The largest absolute Gasteiger partial charge is 0.397 e. The predicted molar refractivity (Wildman–Crippen MR) is 76.6 cm³/mol. The van der Waals surface area contributed by atoms with E-state index < -0.39 is 0 Å². The molecule has 102 valence electrons. The van der Waals surface area contributed by atoms with Crippen LogP contribution in [0.4, 0.5) is 10.1 Å². The molecule has 3 N–H and O–H groups in total. The fraction of sp³-hybridized carbons (Fsp3) is 0.133. The summed E-state index contributed by atoms with van der Waals surface area (Å²) in [7, 11) is 0. The molecule has 5 heteroatoms. The van der Waals surface area contributed by atoms with E-state index in [1.54, 1.807) is 28.8 Å². The summed E-state index contributed by atoms with van der Waals surface area (Å²) in [5.74, 6) is 0.130. The van der Waals surface area contributed by atoms with Gasteiger partial charge in [0.1, 0.15) is 17.2 Å². The lowest BCUT2D eigenvalue weighted by Gasteiger charge is -2.08. The quantitative estimate of drug-likeness (QED) is 0.719. The highest BCUT2D eigenvalue weighted by atomic mass is 19.1. The van der Waals surface area contributed by atoms with Crippen LogP contribution >= 0.6 is 0 Å². The Labute approximate surface area is 115 Å². The normalized spacial score (nSPS) is 11.1. The van der Waals surface area contributed by atoms with Crippen molar-refractivity contribution in [3.63, 3.8) is 0 Å². The van der Waals surface area contributed by atoms with Crippen molar-refractivity contribution >= 4 is 16.7 Å². The first-order chi connectivity index (χ1) is 9.72. The number of halogens is 1. The average molecular weight is 271 g/mol. The number of benzene rings is 2. The van der Waals surface area contributed by atoms with Crippen LogP contribution in [0.25, 0.3) is 22.4 Å². The van der Waals surface area contributed by atoms with Crippen LogP contribution in [0.2, 0.25) is 0 Å². The summed E-state index contributed by atoms with van der Waals surface area (Å²) in [5.41, 5.74) is 8.27. The number of nitrogen functional groups attached to an aromatic ring is 1. The third-order valence-corrected chi connectivity index (χ3v) is 3.25. The van der Waals surface area contributed by atoms with E-state index in [0.29, 0.717) is 29.1 Å². The summed E-state index contributed by atoms with van der Waals surface area (Å²) in [6.45, 7) is 0.283. The molecule has 4 nitrogen and oxygen atoms in total. The highest BCUT2D eigenvalue weighted by Crippen LogP contribution is 2.29. The molecule has 0 fully saturated rings. The zero-order valence-corrected chi connectivity index (χ0v) is 10.8. The summed E-state index contributed by atoms with van der Waals surface area (Å²) in [5, 5.41) is 9.23. The maximum atomic E-state index is 14.0. The highest BCUT2D eigenvalue weighted by molar-refractivity contribution is 5.90. The second-order valence-corrected chi connectivity index (χ2v) is 4.51. The third kappa shape index (κ3) is 1.92. The molecule has 0 aliphatic heterocycles. The summed E-state index contributed by atoms with van der Waals surface area (Å²) >= 11 is 0. The molecule has 0 bridgehead atoms. The van der Waals surface area contributed by atoms with Crippen LogP contribution in [0.15, 0.2) is 42.5 Å². The topological polar surface area (TPSA) is 64.1 Å². The Morgan fingerprint density at radius 1 is 1.15 bits per heavy atom. The highest BCUT2D eigenvalue weighted by Gasteiger charge is 2.16. The van der Waals surface area contributed by atoms with Crippen molar-refractivity contribution in [1.82, 2.24) is 9.55 Å². The van der Waals surface area contributed by atoms with Gasteiger partial charge in [-0.3, -0.25) is 0 Å². The fourth-order valence-corrected chi connectivity index (χ4v) is 2.34. The van der Waals surface area contributed by atoms with Crippen LogP contribution in [0.5, 0.6) is 0 Å². The number of rotatable bonds is 3. The molecule has 0 unspecified atom stereocenters. The lowest BCUT2D eigenvalue weighted by Crippen LogP contribution is -2.04. The average Bonchev–Trinajstić information content (AvgIpc) is 2.80. The number of hydrogen-bond acceptors (Lipinski definition) is 3. The van der Waals surface area contributed by atoms with Gasteiger partial charge in [0.25, 0.3) is 0 Å². The van der Waals surface area contributed by atoms with Crippen LogP contribution in [-0.2, 0) is 6.54 Å². The first-order valence-corrected chi connectivity index (χ1v) is 6.33. The minimum absolute atomic E-state index is 0.0539. The smallest absolute Gasteiger partial charge is 0.144 e. The molecule has 0 atom stereocenters. The summed E-state index contributed by atoms with van der Waals surface area (Å²) < 4.78 is 15.8. The number of aliphatic hydroxyl groups excluding tert-OH is 1. The number of hydrogen-bond donors (Lipinski definition) is 2. The van der Waals surface area contributed by atoms with Crippen LogP contribution < -0.4 is 5.73 Å². The molecule has 0 saturated carbocycles. The second kappa shape index (κ2) is 4.94. The first kappa shape index (κ1) is 12.6. The summed E-state index contributed by atoms with van der Waals surface area (Å²) in [6.07, 6.45) is 0. The van der Waals surface area contributed by atoms with Crippen molar-refractivity contribution in [3.8, 4) is 11.4 Å². The van der Waals surface area contributed by atoms with Gasteiger partial charge in [-0.05, 0) is 24.3 Å². The maximum Gasteiger partial charge on any atom is 0.144 e. The lowest BCUT2D eigenvalue weighted by molar-refractivity contribution is 0.278. The number of anilines is 1. The van der Waals surface area contributed by atoms with Crippen molar-refractivity contribution < 1.29 is 9.50 Å². The molecule has 0 saturated heterocycles. The molecule has 0 aliphatic carbocycles. The van der Waals surface area contributed by atoms with Gasteiger partial charge in [-0.2, -0.15) is 0 Å². The molecule has 3 aromatic rings. The number of imidazole rings is 1. The molecular formula is C15H14FN3O. The Hall–Kier alpha value is -2.40. The second-order valence-electron chi connectivity index (χ2n) is 4.51. The zero-order valence-electron chi connectivity index (χ0n) is 10.8. The van der Waals surface area contributed by atoms with Crippen molar-refractivity contribution in [3.05, 3.63) is 48.3 Å². The van der Waals surface area contributed by atoms with Gasteiger partial charge in [0.15, 0.2) is 0 Å². The predicted octanol–water partition coefficient (Wildman–Crippen LogP) is 2.42. The molecule has 0 aliphatic rings. The number of aliphatic hydroxyl groups is 1. The molecule has 0 spiro atoms. The van der Waals surface area contributed by atoms with E-state index in [1.807, 2.05) is 12.1 Å². The SMILES string of the molecule is Nc1cccc2c1nc(-c1ccccc1F)n2CCO. The lowest BCUT2D eigenvalue weighted by atomic mass is 10.2. The van der Waals surface area contributed by atoms with E-state index >= 15 is 0 Å². The number of fused-ring (bicyclic) bond motifs is 1. The van der Waals surface area contributed by atoms with Gasteiger partial charge >= 0.3 is 0 Å². The van der Waals surface area contributed by atoms with E-state index in [-0.39, 0.29) is 12.4 Å². The standard InChI is InChI=1S/C15H14FN3O/c16-11-5-2-1-4-10(11)15-18-14-12(17)6-3-7-13(14)19(15)8-9-20/h1-7,20H,8-9,17H2. The Morgan fingerprint density at radius 3 is 2.70 bits per heavy atom. The van der Waals surface area contributed by atoms with Crippen molar-refractivity contribution in [2.75, 3.05) is 12.3 Å². The fourth-order valence-electron chi connectivity index (χ4n) is 2.34. The van der Waals surface area contributed by atoms with E-state index in [1.165, 1.54) is 6.07 Å². The molecule has 0 radical (unpaired) electrons. The van der Waals surface area contributed by atoms with E-state index in [9.17, 15) is 9.50 Å². The Balaban J connectivity index is 2.32. The molecule has 20 heavy (non-hydrogen) atoms.